The molecule has 88 valence electrons. The third-order valence-electron chi connectivity index (χ3n) is 2.06. The average molecular weight is 254 g/mol. The number of aromatic carboxylic acids is 1. The van der Waals surface area contributed by atoms with Crippen LogP contribution < -0.4 is 4.74 Å². The van der Waals surface area contributed by atoms with Crippen LogP contribution in [0.4, 0.5) is 0 Å². The number of carbonyl (C=O) groups is 1. The number of aromatic nitrogens is 1. The van der Waals surface area contributed by atoms with Crippen molar-refractivity contribution < 1.29 is 19.2 Å². The summed E-state index contributed by atoms with van der Waals surface area (Å²) >= 11 is 5.72. The lowest BCUT2D eigenvalue weighted by molar-refractivity contribution is 0.0691. The molecule has 0 fully saturated rings. The van der Waals surface area contributed by atoms with Gasteiger partial charge in [0, 0.05) is 5.02 Å². The molecular formula is C11H8ClNO4. The number of hydrogen-bond donors (Lipinski definition) is 1. The van der Waals surface area contributed by atoms with Crippen molar-refractivity contribution in [3.05, 3.63) is 46.8 Å². The van der Waals surface area contributed by atoms with E-state index in [9.17, 15) is 4.79 Å². The molecule has 0 saturated carbocycles. The van der Waals surface area contributed by atoms with Gasteiger partial charge in [0.2, 0.25) is 0 Å². The summed E-state index contributed by atoms with van der Waals surface area (Å²) in [5.41, 5.74) is -0.000960. The molecule has 2 rings (SSSR count). The van der Waals surface area contributed by atoms with Gasteiger partial charge in [-0.2, -0.15) is 0 Å². The number of nitrogens with zero attached hydrogens (tertiary/aromatic N) is 1. The minimum Gasteiger partial charge on any atom is -0.486 e. The van der Waals surface area contributed by atoms with Gasteiger partial charge in [0.25, 0.3) is 0 Å². The van der Waals surface area contributed by atoms with Crippen molar-refractivity contribution in [1.29, 1.82) is 0 Å². The predicted octanol–water partition coefficient (Wildman–Crippen LogP) is 2.61. The Morgan fingerprint density at radius 2 is 2.12 bits per heavy atom. The summed E-state index contributed by atoms with van der Waals surface area (Å²) in [5.74, 6) is -0.351. The molecule has 0 bridgehead atoms. The maximum atomic E-state index is 10.8. The van der Waals surface area contributed by atoms with Gasteiger partial charge in [0.05, 0.1) is 6.20 Å². The summed E-state index contributed by atoms with van der Waals surface area (Å²) in [6.45, 7) is 0.00324. The average Bonchev–Trinajstić information content (AvgIpc) is 2.76. The summed E-state index contributed by atoms with van der Waals surface area (Å²) in [6, 6.07) is 6.71. The van der Waals surface area contributed by atoms with Gasteiger partial charge in [-0.25, -0.2) is 4.79 Å². The van der Waals surface area contributed by atoms with E-state index in [1.54, 1.807) is 24.3 Å². The molecule has 0 spiro atoms. The second-order valence-electron chi connectivity index (χ2n) is 3.21. The smallest absolute Gasteiger partial charge is 0.341 e. The van der Waals surface area contributed by atoms with E-state index in [1.807, 2.05) is 0 Å². The van der Waals surface area contributed by atoms with Crippen LogP contribution in [0.25, 0.3) is 0 Å². The molecule has 0 aliphatic rings. The number of rotatable bonds is 4. The lowest BCUT2D eigenvalue weighted by atomic mass is 10.3. The van der Waals surface area contributed by atoms with Crippen molar-refractivity contribution >= 4 is 17.6 Å². The van der Waals surface area contributed by atoms with Crippen LogP contribution in [0.1, 0.15) is 16.1 Å². The van der Waals surface area contributed by atoms with Crippen LogP contribution in [0, 0.1) is 0 Å². The predicted molar refractivity (Wildman–Crippen MR) is 59.2 cm³/mol. The Morgan fingerprint density at radius 3 is 2.76 bits per heavy atom. The largest absolute Gasteiger partial charge is 0.486 e. The van der Waals surface area contributed by atoms with Gasteiger partial charge in [0.15, 0.2) is 5.76 Å². The maximum absolute atomic E-state index is 10.8. The first-order valence-corrected chi connectivity index (χ1v) is 5.10. The fourth-order valence-electron chi connectivity index (χ4n) is 1.22. The molecule has 1 heterocycles. The summed E-state index contributed by atoms with van der Waals surface area (Å²) in [6.07, 6.45) is 1.14. The molecule has 0 aliphatic carbocycles. The van der Waals surface area contributed by atoms with E-state index in [2.05, 4.69) is 5.16 Å². The van der Waals surface area contributed by atoms with Crippen LogP contribution in [0.15, 0.2) is 35.0 Å². The second-order valence-corrected chi connectivity index (χ2v) is 3.65. The highest BCUT2D eigenvalue weighted by Crippen LogP contribution is 2.17. The number of benzene rings is 1. The quantitative estimate of drug-likeness (QED) is 0.907. The van der Waals surface area contributed by atoms with E-state index < -0.39 is 5.97 Å². The fourth-order valence-corrected chi connectivity index (χ4v) is 1.35. The molecule has 0 unspecified atom stereocenters. The van der Waals surface area contributed by atoms with E-state index in [0.29, 0.717) is 10.8 Å². The third kappa shape index (κ3) is 2.76. The molecule has 1 aromatic heterocycles. The van der Waals surface area contributed by atoms with E-state index in [4.69, 9.17) is 26.0 Å². The van der Waals surface area contributed by atoms with Gasteiger partial charge in [-0.1, -0.05) is 16.8 Å². The molecule has 0 radical (unpaired) electrons. The Morgan fingerprint density at radius 1 is 1.41 bits per heavy atom. The first-order valence-electron chi connectivity index (χ1n) is 4.72. The summed E-state index contributed by atoms with van der Waals surface area (Å²) in [5, 5.41) is 12.8. The molecule has 5 nitrogen and oxygen atoms in total. The van der Waals surface area contributed by atoms with Crippen molar-refractivity contribution in [3.63, 3.8) is 0 Å². The summed E-state index contributed by atoms with van der Waals surface area (Å²) in [7, 11) is 0. The van der Waals surface area contributed by atoms with E-state index in [1.165, 1.54) is 0 Å². The molecule has 0 aliphatic heterocycles. The molecular weight excluding hydrogens is 246 g/mol. The lowest BCUT2D eigenvalue weighted by Gasteiger charge is -2.03. The Labute approximate surface area is 102 Å². The Hall–Kier alpha value is -2.01. The fraction of sp³-hybridized carbons (Fsp3) is 0.0909. The maximum Gasteiger partial charge on any atom is 0.341 e. The number of carboxylic acids is 1. The highest BCUT2D eigenvalue weighted by atomic mass is 35.5. The molecule has 1 N–H and O–H groups in total. The zero-order chi connectivity index (χ0) is 12.3. The normalized spacial score (nSPS) is 10.2. The van der Waals surface area contributed by atoms with Crippen LogP contribution in [0.2, 0.25) is 5.02 Å². The number of halogens is 1. The number of hydrogen-bond acceptors (Lipinski definition) is 4. The van der Waals surface area contributed by atoms with E-state index >= 15 is 0 Å². The SMILES string of the molecule is O=C(O)c1cnoc1COc1ccc(Cl)cc1. The molecule has 17 heavy (non-hydrogen) atoms. The molecule has 1 aromatic carbocycles. The standard InChI is InChI=1S/C11H8ClNO4/c12-7-1-3-8(4-2-7)16-6-10-9(11(14)15)5-13-17-10/h1-5H,6H2,(H,14,15). The second kappa shape index (κ2) is 4.88. The Kier molecular flexibility index (Phi) is 3.30. The molecule has 0 amide bonds. The Bertz CT molecular complexity index is 521. The van der Waals surface area contributed by atoms with Crippen molar-refractivity contribution in [2.24, 2.45) is 0 Å². The van der Waals surface area contributed by atoms with Crippen LogP contribution in [0.5, 0.6) is 5.75 Å². The van der Waals surface area contributed by atoms with Crippen LogP contribution in [-0.2, 0) is 6.61 Å². The van der Waals surface area contributed by atoms with Crippen LogP contribution >= 0.6 is 11.6 Å². The first kappa shape index (κ1) is 11.5. The zero-order valence-electron chi connectivity index (χ0n) is 8.59. The van der Waals surface area contributed by atoms with Gasteiger partial charge in [-0.3, -0.25) is 0 Å². The van der Waals surface area contributed by atoms with Gasteiger partial charge < -0.3 is 14.4 Å². The third-order valence-corrected chi connectivity index (χ3v) is 2.31. The van der Waals surface area contributed by atoms with Gasteiger partial charge in [0.1, 0.15) is 17.9 Å². The molecule has 6 heteroatoms. The number of carboxylic acid groups (broad SMARTS) is 1. The zero-order valence-corrected chi connectivity index (χ0v) is 9.35. The highest BCUT2D eigenvalue weighted by molar-refractivity contribution is 6.30. The molecule has 2 aromatic rings. The molecule has 0 atom stereocenters. The minimum absolute atomic E-state index is 0.000960. The highest BCUT2D eigenvalue weighted by Gasteiger charge is 2.15. The Balaban J connectivity index is 2.05. The van der Waals surface area contributed by atoms with Gasteiger partial charge in [-0.05, 0) is 24.3 Å². The molecule has 0 saturated heterocycles. The van der Waals surface area contributed by atoms with Crippen molar-refractivity contribution in [2.75, 3.05) is 0 Å². The van der Waals surface area contributed by atoms with Crippen LogP contribution in [0.3, 0.4) is 0 Å². The van der Waals surface area contributed by atoms with E-state index in [-0.39, 0.29) is 17.9 Å². The minimum atomic E-state index is -1.10. The van der Waals surface area contributed by atoms with Crippen molar-refractivity contribution in [1.82, 2.24) is 5.16 Å². The summed E-state index contributed by atoms with van der Waals surface area (Å²) in [4.78, 5) is 10.8. The van der Waals surface area contributed by atoms with Crippen molar-refractivity contribution in [3.8, 4) is 5.75 Å². The van der Waals surface area contributed by atoms with Gasteiger partial charge >= 0.3 is 5.97 Å². The topological polar surface area (TPSA) is 72.6 Å². The van der Waals surface area contributed by atoms with E-state index in [0.717, 1.165) is 6.20 Å². The van der Waals surface area contributed by atoms with Crippen LogP contribution in [-0.4, -0.2) is 16.2 Å². The lowest BCUT2D eigenvalue weighted by Crippen LogP contribution is -2.02. The van der Waals surface area contributed by atoms with Crippen molar-refractivity contribution in [2.45, 2.75) is 6.61 Å². The number of ether oxygens (including phenoxy) is 1. The first-order chi connectivity index (χ1) is 8.16. The summed E-state index contributed by atoms with van der Waals surface area (Å²) < 4.78 is 10.1. The monoisotopic (exact) mass is 253 g/mol. The van der Waals surface area contributed by atoms with Gasteiger partial charge in [-0.15, -0.1) is 0 Å².